The number of halogens is 2. The molecule has 1 saturated carbocycles. The van der Waals surface area contributed by atoms with Gasteiger partial charge in [-0.1, -0.05) is 36.8 Å². The summed E-state index contributed by atoms with van der Waals surface area (Å²) < 4.78 is 5.47. The molecule has 1 aromatic rings. The van der Waals surface area contributed by atoms with Crippen molar-refractivity contribution in [3.8, 4) is 0 Å². The van der Waals surface area contributed by atoms with Gasteiger partial charge in [-0.3, -0.25) is 9.69 Å². The molecule has 0 radical (unpaired) electrons. The Labute approximate surface area is 168 Å². The van der Waals surface area contributed by atoms with Gasteiger partial charge in [0, 0.05) is 32.1 Å². The van der Waals surface area contributed by atoms with E-state index >= 15 is 0 Å². The normalized spacial score (nSPS) is 24.2. The zero-order valence-electron chi connectivity index (χ0n) is 15.1. The van der Waals surface area contributed by atoms with Crippen LogP contribution in [0.25, 0.3) is 0 Å². The molecule has 1 aromatic carbocycles. The fourth-order valence-corrected chi connectivity index (χ4v) is 3.86. The van der Waals surface area contributed by atoms with Gasteiger partial charge in [-0.2, -0.15) is 0 Å². The molecule has 0 bridgehead atoms. The van der Waals surface area contributed by atoms with E-state index in [1.54, 1.807) is 0 Å². The first kappa shape index (κ1) is 23.2. The molecule has 5 nitrogen and oxygen atoms in total. The molecule has 1 aliphatic carbocycles. The lowest BCUT2D eigenvalue weighted by atomic mass is 9.99. The van der Waals surface area contributed by atoms with Crippen molar-refractivity contribution in [2.45, 2.75) is 37.8 Å². The van der Waals surface area contributed by atoms with Crippen LogP contribution in [0.4, 0.5) is 0 Å². The van der Waals surface area contributed by atoms with E-state index in [9.17, 15) is 4.79 Å². The minimum absolute atomic E-state index is 0. The lowest BCUT2D eigenvalue weighted by Gasteiger charge is -2.35. The molecule has 1 unspecified atom stereocenters. The van der Waals surface area contributed by atoms with Crippen molar-refractivity contribution < 1.29 is 9.53 Å². The van der Waals surface area contributed by atoms with E-state index in [2.05, 4.69) is 34.5 Å². The molecule has 3 rings (SSSR count). The maximum Gasteiger partial charge on any atom is 0.220 e. The molecule has 148 valence electrons. The Morgan fingerprint density at radius 3 is 2.50 bits per heavy atom. The van der Waals surface area contributed by atoms with E-state index in [4.69, 9.17) is 10.5 Å². The molecule has 26 heavy (non-hydrogen) atoms. The highest BCUT2D eigenvalue weighted by molar-refractivity contribution is 5.85. The van der Waals surface area contributed by atoms with Crippen LogP contribution in [0.2, 0.25) is 0 Å². The number of ether oxygens (including phenoxy) is 1. The predicted molar refractivity (Wildman–Crippen MR) is 109 cm³/mol. The van der Waals surface area contributed by atoms with Crippen LogP contribution >= 0.6 is 24.8 Å². The van der Waals surface area contributed by atoms with Crippen LogP contribution in [-0.2, 0) is 9.53 Å². The van der Waals surface area contributed by atoms with Gasteiger partial charge < -0.3 is 15.8 Å². The van der Waals surface area contributed by atoms with E-state index in [1.165, 1.54) is 5.56 Å². The Kier molecular flexibility index (Phi) is 10.5. The lowest BCUT2D eigenvalue weighted by molar-refractivity contribution is -0.122. The average molecular weight is 404 g/mol. The summed E-state index contributed by atoms with van der Waals surface area (Å²) in [6.07, 6.45) is 3.85. The van der Waals surface area contributed by atoms with Crippen molar-refractivity contribution in [2.75, 3.05) is 32.8 Å². The van der Waals surface area contributed by atoms with E-state index in [0.29, 0.717) is 18.9 Å². The SMILES string of the molecule is Cl.Cl.N[C@@H]1CCC[C@H]1CC(=O)NCC(c1ccccc1)N1CCOCC1. The zero-order chi connectivity index (χ0) is 16.8. The number of morpholine rings is 1. The third kappa shape index (κ3) is 6.39. The van der Waals surface area contributed by atoms with Crippen molar-refractivity contribution >= 4 is 30.7 Å². The number of carbonyl (C=O) groups is 1. The smallest absolute Gasteiger partial charge is 0.220 e. The van der Waals surface area contributed by atoms with Gasteiger partial charge in [0.2, 0.25) is 5.91 Å². The topological polar surface area (TPSA) is 67.6 Å². The van der Waals surface area contributed by atoms with Gasteiger partial charge in [0.15, 0.2) is 0 Å². The first-order valence-electron chi connectivity index (χ1n) is 9.13. The Bertz CT molecular complexity index is 527. The Balaban J connectivity index is 0.00000169. The summed E-state index contributed by atoms with van der Waals surface area (Å²) in [4.78, 5) is 14.8. The monoisotopic (exact) mass is 403 g/mol. The number of amides is 1. The molecule has 0 aromatic heterocycles. The van der Waals surface area contributed by atoms with Gasteiger partial charge in [0.05, 0.1) is 19.3 Å². The summed E-state index contributed by atoms with van der Waals surface area (Å²) in [5, 5.41) is 3.15. The van der Waals surface area contributed by atoms with Crippen molar-refractivity contribution in [1.29, 1.82) is 0 Å². The minimum atomic E-state index is 0. The van der Waals surface area contributed by atoms with Crippen LogP contribution in [0.3, 0.4) is 0 Å². The first-order valence-corrected chi connectivity index (χ1v) is 9.13. The second-order valence-electron chi connectivity index (χ2n) is 6.94. The molecule has 2 fully saturated rings. The maximum atomic E-state index is 12.4. The first-order chi connectivity index (χ1) is 11.7. The Morgan fingerprint density at radius 2 is 1.88 bits per heavy atom. The summed E-state index contributed by atoms with van der Waals surface area (Å²) in [5.41, 5.74) is 7.34. The second kappa shape index (κ2) is 11.8. The largest absolute Gasteiger partial charge is 0.379 e. The molecule has 3 N–H and O–H groups in total. The van der Waals surface area contributed by atoms with Crippen molar-refractivity contribution in [1.82, 2.24) is 10.2 Å². The van der Waals surface area contributed by atoms with Crippen LogP contribution in [0.5, 0.6) is 0 Å². The highest BCUT2D eigenvalue weighted by Gasteiger charge is 2.27. The van der Waals surface area contributed by atoms with Gasteiger partial charge in [-0.15, -0.1) is 24.8 Å². The summed E-state index contributed by atoms with van der Waals surface area (Å²) in [5.74, 6) is 0.482. The summed E-state index contributed by atoms with van der Waals surface area (Å²) in [6.45, 7) is 3.97. The van der Waals surface area contributed by atoms with Gasteiger partial charge >= 0.3 is 0 Å². The van der Waals surface area contributed by atoms with E-state index < -0.39 is 0 Å². The summed E-state index contributed by atoms with van der Waals surface area (Å²) in [6, 6.07) is 10.8. The number of benzene rings is 1. The molecular formula is C19H31Cl2N3O2. The molecule has 1 aliphatic heterocycles. The second-order valence-corrected chi connectivity index (χ2v) is 6.94. The maximum absolute atomic E-state index is 12.4. The quantitative estimate of drug-likeness (QED) is 0.765. The molecule has 1 amide bonds. The van der Waals surface area contributed by atoms with Crippen LogP contribution in [-0.4, -0.2) is 49.7 Å². The lowest BCUT2D eigenvalue weighted by Crippen LogP contribution is -2.44. The Hall–Kier alpha value is -0.850. The molecule has 1 heterocycles. The number of carbonyl (C=O) groups excluding carboxylic acids is 1. The fraction of sp³-hybridized carbons (Fsp3) is 0.632. The van der Waals surface area contributed by atoms with E-state index in [1.807, 2.05) is 6.07 Å². The number of nitrogens with zero attached hydrogens (tertiary/aromatic N) is 1. The van der Waals surface area contributed by atoms with E-state index in [-0.39, 0.29) is 42.8 Å². The number of hydrogen-bond donors (Lipinski definition) is 2. The summed E-state index contributed by atoms with van der Waals surface area (Å²) in [7, 11) is 0. The van der Waals surface area contributed by atoms with Crippen LogP contribution < -0.4 is 11.1 Å². The highest BCUT2D eigenvalue weighted by Crippen LogP contribution is 2.27. The van der Waals surface area contributed by atoms with Crippen molar-refractivity contribution in [3.05, 3.63) is 35.9 Å². The van der Waals surface area contributed by atoms with Gasteiger partial charge in [0.25, 0.3) is 0 Å². The molecule has 2 aliphatic rings. The highest BCUT2D eigenvalue weighted by atomic mass is 35.5. The van der Waals surface area contributed by atoms with Gasteiger partial charge in [0.1, 0.15) is 0 Å². The van der Waals surface area contributed by atoms with Crippen molar-refractivity contribution in [3.63, 3.8) is 0 Å². The molecule has 3 atom stereocenters. The number of nitrogens with two attached hydrogens (primary N) is 1. The third-order valence-corrected chi connectivity index (χ3v) is 5.33. The predicted octanol–water partition coefficient (Wildman–Crippen LogP) is 2.54. The van der Waals surface area contributed by atoms with Gasteiger partial charge in [-0.25, -0.2) is 0 Å². The minimum Gasteiger partial charge on any atom is -0.379 e. The third-order valence-electron chi connectivity index (χ3n) is 5.33. The zero-order valence-corrected chi connectivity index (χ0v) is 16.8. The number of nitrogens with one attached hydrogen (secondary N) is 1. The fourth-order valence-electron chi connectivity index (χ4n) is 3.86. The number of rotatable bonds is 6. The van der Waals surface area contributed by atoms with E-state index in [0.717, 1.165) is 45.6 Å². The summed E-state index contributed by atoms with van der Waals surface area (Å²) >= 11 is 0. The molecule has 0 spiro atoms. The number of hydrogen-bond acceptors (Lipinski definition) is 4. The standard InChI is InChI=1S/C19H29N3O2.2ClH/c20-17-8-4-7-16(17)13-19(23)21-14-18(15-5-2-1-3-6-15)22-9-11-24-12-10-22;;/h1-3,5-6,16-18H,4,7-14,20H2,(H,21,23);2*1H/t16-,17+,18?;;/m0../s1. The average Bonchev–Trinajstić information content (AvgIpc) is 3.02. The molecule has 1 saturated heterocycles. The van der Waals surface area contributed by atoms with Crippen LogP contribution in [0, 0.1) is 5.92 Å². The van der Waals surface area contributed by atoms with Crippen LogP contribution in [0.15, 0.2) is 30.3 Å². The van der Waals surface area contributed by atoms with Crippen LogP contribution in [0.1, 0.15) is 37.3 Å². The molecule has 7 heteroatoms. The van der Waals surface area contributed by atoms with Gasteiger partial charge in [-0.05, 0) is 24.3 Å². The van der Waals surface area contributed by atoms with Crippen molar-refractivity contribution in [2.24, 2.45) is 11.7 Å². The Morgan fingerprint density at radius 1 is 1.19 bits per heavy atom. The molecular weight excluding hydrogens is 373 g/mol.